The van der Waals surface area contributed by atoms with Crippen LogP contribution in [0.4, 0.5) is 25.0 Å². The lowest BCUT2D eigenvalue weighted by atomic mass is 10.0. The van der Waals surface area contributed by atoms with Gasteiger partial charge in [0.2, 0.25) is 11.9 Å². The van der Waals surface area contributed by atoms with Crippen molar-refractivity contribution in [3.63, 3.8) is 0 Å². The average Bonchev–Trinajstić information content (AvgIpc) is 3.27. The van der Waals surface area contributed by atoms with Gasteiger partial charge in [0.15, 0.2) is 0 Å². The fraction of sp³-hybridized carbons (Fsp3) is 0.710. The molecule has 0 saturated carbocycles. The second-order valence-corrected chi connectivity index (χ2v) is 15.0. The number of guanidine groups is 2. The number of nitrogens with one attached hydrogen (secondary N) is 3. The number of carbonyl (C=O) groups is 4. The Morgan fingerprint density at radius 1 is 0.896 bits per heavy atom. The van der Waals surface area contributed by atoms with E-state index in [9.17, 15) is 19.2 Å². The first-order valence-corrected chi connectivity index (χ1v) is 15.8. The van der Waals surface area contributed by atoms with Gasteiger partial charge in [-0.1, -0.05) is 0 Å². The van der Waals surface area contributed by atoms with E-state index >= 15 is 0 Å². The van der Waals surface area contributed by atoms with Crippen molar-refractivity contribution >= 4 is 42.1 Å². The first-order chi connectivity index (χ1) is 21.8. The first kappa shape index (κ1) is 39.6. The Hall–Kier alpha value is -4.57. The monoisotopic (exact) mass is 679 g/mol. The molecule has 0 radical (unpaired) electrons. The summed E-state index contributed by atoms with van der Waals surface area (Å²) in [6.45, 7) is 21.4. The van der Waals surface area contributed by atoms with Crippen LogP contribution in [0.25, 0.3) is 0 Å². The summed E-state index contributed by atoms with van der Waals surface area (Å²) in [5.74, 6) is -0.110. The standard InChI is InChI=1S/C31H53N9O8/c1-28(2,3)45-24(41)36-22(32)40(27(44)48-31(10,11)12)20(19-18-35-39-17-13-15-33-21(19)39)14-16-34-23(37-25(42)46-29(4,5)6)38-26(43)47-30(7,8)9/h18,20,33H,13-17H2,1-12H3,(H2,32,36,41)(H2,34,37,38,42,43). The van der Waals surface area contributed by atoms with Gasteiger partial charge < -0.3 is 30.0 Å². The molecule has 0 fully saturated rings. The molecule has 4 amide bonds. The summed E-state index contributed by atoms with van der Waals surface area (Å²) in [7, 11) is 0. The van der Waals surface area contributed by atoms with E-state index in [0.29, 0.717) is 24.5 Å². The SMILES string of the molecule is CC(C)(C)OC(=O)N=C(N)N(C(=O)OC(C)(C)C)C(CCN=C(NC(=O)OC(C)(C)C)NC(=O)OC(C)(C)C)c1cnn2c1NCCC2. The van der Waals surface area contributed by atoms with Crippen LogP contribution in [0.5, 0.6) is 0 Å². The number of aromatic nitrogens is 2. The maximum absolute atomic E-state index is 13.8. The van der Waals surface area contributed by atoms with Crippen LogP contribution >= 0.6 is 0 Å². The molecule has 0 aliphatic carbocycles. The van der Waals surface area contributed by atoms with Crippen molar-refractivity contribution < 1.29 is 38.1 Å². The number of amides is 4. The fourth-order valence-corrected chi connectivity index (χ4v) is 4.20. The highest BCUT2D eigenvalue weighted by Crippen LogP contribution is 2.33. The Labute approximate surface area is 282 Å². The zero-order valence-electron chi connectivity index (χ0n) is 30.3. The van der Waals surface area contributed by atoms with E-state index in [0.717, 1.165) is 11.3 Å². The van der Waals surface area contributed by atoms with Gasteiger partial charge in [-0.05, 0) is 95.9 Å². The third-order valence-electron chi connectivity index (χ3n) is 5.73. The number of carbonyl (C=O) groups excluding carboxylic acids is 4. The van der Waals surface area contributed by atoms with Gasteiger partial charge in [-0.25, -0.2) is 28.8 Å². The lowest BCUT2D eigenvalue weighted by Crippen LogP contribution is -2.48. The molecule has 1 atom stereocenters. The molecule has 2 heterocycles. The van der Waals surface area contributed by atoms with Crippen LogP contribution in [0.3, 0.4) is 0 Å². The number of rotatable bonds is 5. The normalized spacial score (nSPS) is 14.4. The Bertz CT molecular complexity index is 1340. The van der Waals surface area contributed by atoms with Crippen molar-refractivity contribution in [2.75, 3.05) is 18.4 Å². The van der Waals surface area contributed by atoms with Gasteiger partial charge in [0.1, 0.15) is 28.2 Å². The third-order valence-corrected chi connectivity index (χ3v) is 5.73. The highest BCUT2D eigenvalue weighted by molar-refractivity contribution is 6.01. The molecule has 1 aromatic rings. The zero-order valence-corrected chi connectivity index (χ0v) is 30.3. The minimum absolute atomic E-state index is 0.0274. The number of hydrogen-bond donors (Lipinski definition) is 4. The summed E-state index contributed by atoms with van der Waals surface area (Å²) in [5.41, 5.74) is 3.42. The maximum atomic E-state index is 13.8. The molecule has 48 heavy (non-hydrogen) atoms. The van der Waals surface area contributed by atoms with E-state index < -0.39 is 58.8 Å². The number of alkyl carbamates (subject to hydrolysis) is 2. The van der Waals surface area contributed by atoms with Crippen LogP contribution in [0.15, 0.2) is 16.2 Å². The average molecular weight is 680 g/mol. The highest BCUT2D eigenvalue weighted by atomic mass is 16.6. The molecule has 1 unspecified atom stereocenters. The van der Waals surface area contributed by atoms with Crippen molar-refractivity contribution in [3.05, 3.63) is 11.8 Å². The summed E-state index contributed by atoms with van der Waals surface area (Å²) in [4.78, 5) is 61.1. The Morgan fingerprint density at radius 2 is 1.42 bits per heavy atom. The van der Waals surface area contributed by atoms with Gasteiger partial charge in [0.05, 0.1) is 12.2 Å². The molecule has 1 aromatic heterocycles. The molecule has 0 saturated heterocycles. The van der Waals surface area contributed by atoms with E-state index in [1.165, 1.54) is 0 Å². The van der Waals surface area contributed by atoms with Gasteiger partial charge >= 0.3 is 24.4 Å². The third kappa shape index (κ3) is 14.0. The topological polar surface area (TPSA) is 213 Å². The van der Waals surface area contributed by atoms with E-state index in [-0.39, 0.29) is 18.9 Å². The summed E-state index contributed by atoms with van der Waals surface area (Å²) in [5, 5.41) is 12.6. The Morgan fingerprint density at radius 3 is 1.92 bits per heavy atom. The van der Waals surface area contributed by atoms with Crippen LogP contribution < -0.4 is 21.7 Å². The molecular formula is C31H53N9O8. The first-order valence-electron chi connectivity index (χ1n) is 15.8. The molecule has 17 heteroatoms. The fourth-order valence-electron chi connectivity index (χ4n) is 4.20. The van der Waals surface area contributed by atoms with Crippen LogP contribution in [-0.2, 0) is 25.5 Å². The van der Waals surface area contributed by atoms with Crippen molar-refractivity contribution in [1.29, 1.82) is 0 Å². The molecule has 2 rings (SSSR count). The lowest BCUT2D eigenvalue weighted by Gasteiger charge is -2.33. The van der Waals surface area contributed by atoms with E-state index in [1.54, 1.807) is 94.0 Å². The van der Waals surface area contributed by atoms with Gasteiger partial charge in [-0.2, -0.15) is 5.10 Å². The lowest BCUT2D eigenvalue weighted by molar-refractivity contribution is 0.0301. The minimum atomic E-state index is -1.01. The Balaban J connectivity index is 2.60. The minimum Gasteiger partial charge on any atom is -0.444 e. The molecule has 270 valence electrons. The number of anilines is 1. The molecule has 0 spiro atoms. The number of aliphatic imine (C=N–C) groups is 2. The molecule has 1 aliphatic rings. The molecular weight excluding hydrogens is 626 g/mol. The van der Waals surface area contributed by atoms with Crippen molar-refractivity contribution in [2.24, 2.45) is 15.7 Å². The highest BCUT2D eigenvalue weighted by Gasteiger charge is 2.36. The van der Waals surface area contributed by atoms with Crippen LogP contribution in [0.2, 0.25) is 0 Å². The number of nitrogens with zero attached hydrogens (tertiary/aromatic N) is 5. The second kappa shape index (κ2) is 15.6. The van der Waals surface area contributed by atoms with Crippen molar-refractivity contribution in [1.82, 2.24) is 25.3 Å². The van der Waals surface area contributed by atoms with E-state index in [1.807, 2.05) is 0 Å². The van der Waals surface area contributed by atoms with Crippen LogP contribution in [-0.4, -0.2) is 86.5 Å². The zero-order chi connectivity index (χ0) is 36.7. The summed E-state index contributed by atoms with van der Waals surface area (Å²) in [6.07, 6.45) is -1.20. The smallest absolute Gasteiger partial charge is 0.437 e. The summed E-state index contributed by atoms with van der Waals surface area (Å²) in [6, 6.07) is -0.951. The summed E-state index contributed by atoms with van der Waals surface area (Å²) < 4.78 is 23.4. The maximum Gasteiger partial charge on any atom is 0.437 e. The number of aryl methyl sites for hydroxylation is 1. The summed E-state index contributed by atoms with van der Waals surface area (Å²) >= 11 is 0. The molecule has 0 aromatic carbocycles. The molecule has 0 bridgehead atoms. The van der Waals surface area contributed by atoms with Gasteiger partial charge in [-0.15, -0.1) is 4.99 Å². The molecule has 17 nitrogen and oxygen atoms in total. The number of nitrogens with two attached hydrogens (primary N) is 1. The number of ether oxygens (including phenoxy) is 4. The van der Waals surface area contributed by atoms with Crippen LogP contribution in [0, 0.1) is 0 Å². The number of hydrogen-bond acceptors (Lipinski definition) is 11. The Kier molecular flexibility index (Phi) is 12.8. The van der Waals surface area contributed by atoms with Gasteiger partial charge in [0.25, 0.3) is 0 Å². The van der Waals surface area contributed by atoms with E-state index in [2.05, 4.69) is 31.0 Å². The van der Waals surface area contributed by atoms with Crippen molar-refractivity contribution in [3.8, 4) is 0 Å². The molecule has 1 aliphatic heterocycles. The predicted octanol–water partition coefficient (Wildman–Crippen LogP) is 5.02. The predicted molar refractivity (Wildman–Crippen MR) is 180 cm³/mol. The van der Waals surface area contributed by atoms with Crippen LogP contribution in [0.1, 0.15) is 108 Å². The second-order valence-electron chi connectivity index (χ2n) is 15.0. The van der Waals surface area contributed by atoms with Gasteiger partial charge in [0, 0.05) is 25.2 Å². The largest absolute Gasteiger partial charge is 0.444 e. The van der Waals surface area contributed by atoms with E-state index in [4.69, 9.17) is 24.7 Å². The quantitative estimate of drug-likeness (QED) is 0.184. The van der Waals surface area contributed by atoms with Crippen molar-refractivity contribution in [2.45, 2.75) is 131 Å². The molecule has 5 N–H and O–H groups in total. The van der Waals surface area contributed by atoms with Gasteiger partial charge in [-0.3, -0.25) is 15.6 Å². The number of fused-ring (bicyclic) bond motifs is 1.